The first-order valence-electron chi connectivity index (χ1n) is 10.9. The van der Waals surface area contributed by atoms with Crippen molar-refractivity contribution in [3.05, 3.63) is 108 Å². The van der Waals surface area contributed by atoms with E-state index in [0.29, 0.717) is 19.1 Å². The third-order valence-electron chi connectivity index (χ3n) is 6.20. The maximum Gasteiger partial charge on any atom is 0.0717 e. The van der Waals surface area contributed by atoms with Crippen LogP contribution in [0.25, 0.3) is 0 Å². The van der Waals surface area contributed by atoms with Crippen molar-refractivity contribution in [1.82, 2.24) is 4.90 Å². The highest BCUT2D eigenvalue weighted by Crippen LogP contribution is 2.52. The average molecular weight is 402 g/mol. The topological polar surface area (TPSA) is 32.7 Å². The first kappa shape index (κ1) is 20.8. The zero-order chi connectivity index (χ0) is 20.7. The van der Waals surface area contributed by atoms with Crippen LogP contribution in [0.3, 0.4) is 0 Å². The van der Waals surface area contributed by atoms with Crippen molar-refractivity contribution in [1.29, 1.82) is 0 Å². The Morgan fingerprint density at radius 2 is 1.27 bits per heavy atom. The van der Waals surface area contributed by atoms with Crippen LogP contribution in [0.4, 0.5) is 0 Å². The molecule has 0 spiro atoms. The molecule has 1 N–H and O–H groups in total. The molecule has 3 aromatic rings. The molecular formula is C27H31NO2. The van der Waals surface area contributed by atoms with Crippen LogP contribution in [0.1, 0.15) is 29.5 Å². The van der Waals surface area contributed by atoms with Gasteiger partial charge in [0.2, 0.25) is 0 Å². The molecule has 1 aliphatic carbocycles. The highest BCUT2D eigenvalue weighted by molar-refractivity contribution is 5.21. The molecule has 1 saturated carbocycles. The van der Waals surface area contributed by atoms with E-state index in [1.54, 1.807) is 0 Å². The summed E-state index contributed by atoms with van der Waals surface area (Å²) in [7, 11) is 0. The molecule has 0 heterocycles. The van der Waals surface area contributed by atoms with Crippen molar-refractivity contribution in [2.24, 2.45) is 5.92 Å². The lowest BCUT2D eigenvalue weighted by atomic mass is 10.1. The van der Waals surface area contributed by atoms with Crippen LogP contribution in [0, 0.1) is 5.92 Å². The minimum absolute atomic E-state index is 0.0246. The average Bonchev–Trinajstić information content (AvgIpc) is 3.49. The quantitative estimate of drug-likeness (QED) is 0.488. The predicted molar refractivity (Wildman–Crippen MR) is 121 cm³/mol. The van der Waals surface area contributed by atoms with Crippen LogP contribution in [-0.4, -0.2) is 28.8 Å². The number of hydrogen-bond donors (Lipinski definition) is 1. The Hall–Kier alpha value is -2.46. The molecule has 2 atom stereocenters. The Morgan fingerprint density at radius 1 is 0.767 bits per heavy atom. The van der Waals surface area contributed by atoms with E-state index in [1.165, 1.54) is 16.7 Å². The molecule has 0 aliphatic heterocycles. The lowest BCUT2D eigenvalue weighted by molar-refractivity contribution is 0.0197. The number of benzene rings is 3. The monoisotopic (exact) mass is 401 g/mol. The van der Waals surface area contributed by atoms with E-state index in [-0.39, 0.29) is 12.1 Å². The van der Waals surface area contributed by atoms with Gasteiger partial charge in [-0.05, 0) is 35.4 Å². The van der Waals surface area contributed by atoms with Crippen molar-refractivity contribution in [3.8, 4) is 0 Å². The normalized spacial score (nSPS) is 20.4. The van der Waals surface area contributed by atoms with Gasteiger partial charge in [-0.1, -0.05) is 91.0 Å². The maximum absolute atomic E-state index is 9.61. The number of rotatable bonds is 11. The van der Waals surface area contributed by atoms with E-state index in [1.807, 2.05) is 6.07 Å². The van der Waals surface area contributed by atoms with Gasteiger partial charge in [-0.3, -0.25) is 4.90 Å². The molecule has 0 bridgehead atoms. The summed E-state index contributed by atoms with van der Waals surface area (Å²) in [6.07, 6.45) is 1.90. The van der Waals surface area contributed by atoms with Gasteiger partial charge < -0.3 is 9.84 Å². The third kappa shape index (κ3) is 5.17. The van der Waals surface area contributed by atoms with Gasteiger partial charge in [-0.25, -0.2) is 0 Å². The van der Waals surface area contributed by atoms with Gasteiger partial charge in [-0.15, -0.1) is 0 Å². The van der Waals surface area contributed by atoms with E-state index in [4.69, 9.17) is 4.74 Å². The van der Waals surface area contributed by atoms with Crippen molar-refractivity contribution in [3.63, 3.8) is 0 Å². The summed E-state index contributed by atoms with van der Waals surface area (Å²) in [6.45, 7) is 3.31. The van der Waals surface area contributed by atoms with Crippen molar-refractivity contribution in [2.75, 3.05) is 13.2 Å². The molecule has 156 valence electrons. The van der Waals surface area contributed by atoms with Crippen LogP contribution < -0.4 is 0 Å². The fourth-order valence-corrected chi connectivity index (χ4v) is 4.45. The molecule has 0 unspecified atom stereocenters. The molecule has 3 nitrogen and oxygen atoms in total. The Bertz CT molecular complexity index is 843. The molecule has 30 heavy (non-hydrogen) atoms. The van der Waals surface area contributed by atoms with Gasteiger partial charge >= 0.3 is 0 Å². The Balaban J connectivity index is 1.53. The summed E-state index contributed by atoms with van der Waals surface area (Å²) in [4.78, 5) is 2.57. The molecule has 0 amide bonds. The second-order valence-corrected chi connectivity index (χ2v) is 8.32. The van der Waals surface area contributed by atoms with E-state index in [0.717, 1.165) is 25.9 Å². The smallest absolute Gasteiger partial charge is 0.0717 e. The van der Waals surface area contributed by atoms with E-state index < -0.39 is 0 Å². The van der Waals surface area contributed by atoms with Crippen LogP contribution >= 0.6 is 0 Å². The molecule has 3 heteroatoms. The number of aliphatic hydroxyl groups is 1. The van der Waals surface area contributed by atoms with E-state index >= 15 is 0 Å². The molecule has 3 aromatic carbocycles. The Morgan fingerprint density at radius 3 is 1.77 bits per heavy atom. The zero-order valence-electron chi connectivity index (χ0n) is 17.5. The van der Waals surface area contributed by atoms with Gasteiger partial charge in [0.05, 0.1) is 13.2 Å². The Labute approximate surface area is 179 Å². The van der Waals surface area contributed by atoms with Crippen molar-refractivity contribution in [2.45, 2.75) is 38.1 Å². The molecule has 0 aromatic heterocycles. The number of hydrogen-bond acceptors (Lipinski definition) is 3. The lowest BCUT2D eigenvalue weighted by Gasteiger charge is -2.33. The number of aliphatic hydroxyl groups excluding tert-OH is 1. The zero-order valence-corrected chi connectivity index (χ0v) is 17.5. The standard InChI is InChI=1S/C27H31NO2/c29-17-16-26-18-27(26,22-30-21-25-14-8-3-9-15-25)28(19-23-10-4-1-5-11-23)20-24-12-6-2-7-13-24/h1-15,26,29H,16-22H2/t26-,27+/m1/s1. The first-order chi connectivity index (χ1) is 14.8. The maximum atomic E-state index is 9.61. The SMILES string of the molecule is OCC[C@@H]1C[C@@]1(COCc1ccccc1)N(Cc1ccccc1)Cc1ccccc1. The minimum Gasteiger partial charge on any atom is -0.396 e. The first-order valence-corrected chi connectivity index (χ1v) is 10.9. The summed E-state index contributed by atoms with van der Waals surface area (Å²) in [6, 6.07) is 31.7. The third-order valence-corrected chi connectivity index (χ3v) is 6.20. The van der Waals surface area contributed by atoms with E-state index in [9.17, 15) is 5.11 Å². The largest absolute Gasteiger partial charge is 0.396 e. The number of nitrogens with zero attached hydrogens (tertiary/aromatic N) is 1. The predicted octanol–water partition coefficient (Wildman–Crippen LogP) is 5.05. The van der Waals surface area contributed by atoms with Gasteiger partial charge in [0.1, 0.15) is 0 Å². The summed E-state index contributed by atoms with van der Waals surface area (Å²) >= 11 is 0. The molecular weight excluding hydrogens is 370 g/mol. The van der Waals surface area contributed by atoms with Crippen molar-refractivity contribution < 1.29 is 9.84 Å². The van der Waals surface area contributed by atoms with Gasteiger partial charge in [0.25, 0.3) is 0 Å². The van der Waals surface area contributed by atoms with Crippen LogP contribution in [-0.2, 0) is 24.4 Å². The summed E-state index contributed by atoms with van der Waals surface area (Å²) in [5, 5.41) is 9.61. The van der Waals surface area contributed by atoms with Gasteiger partial charge in [0, 0.05) is 25.2 Å². The second-order valence-electron chi connectivity index (χ2n) is 8.32. The van der Waals surface area contributed by atoms with Crippen LogP contribution in [0.15, 0.2) is 91.0 Å². The molecule has 1 fully saturated rings. The molecule has 0 radical (unpaired) electrons. The van der Waals surface area contributed by atoms with Crippen molar-refractivity contribution >= 4 is 0 Å². The minimum atomic E-state index is -0.0246. The Kier molecular flexibility index (Phi) is 6.96. The molecule has 4 rings (SSSR count). The van der Waals surface area contributed by atoms with Gasteiger partial charge in [0.15, 0.2) is 0 Å². The fourth-order valence-electron chi connectivity index (χ4n) is 4.45. The molecule has 0 saturated heterocycles. The summed E-state index contributed by atoms with van der Waals surface area (Å²) in [5.74, 6) is 0.464. The van der Waals surface area contributed by atoms with Crippen LogP contribution in [0.5, 0.6) is 0 Å². The van der Waals surface area contributed by atoms with E-state index in [2.05, 4.69) is 89.8 Å². The number of ether oxygens (including phenoxy) is 1. The van der Waals surface area contributed by atoms with Gasteiger partial charge in [-0.2, -0.15) is 0 Å². The summed E-state index contributed by atoms with van der Waals surface area (Å²) in [5.41, 5.74) is 3.80. The fraction of sp³-hybridized carbons (Fsp3) is 0.333. The lowest BCUT2D eigenvalue weighted by Crippen LogP contribution is -2.42. The second kappa shape index (κ2) is 10.0. The van der Waals surface area contributed by atoms with Crippen LogP contribution in [0.2, 0.25) is 0 Å². The summed E-state index contributed by atoms with van der Waals surface area (Å²) < 4.78 is 6.26. The highest BCUT2D eigenvalue weighted by Gasteiger charge is 2.57. The highest BCUT2D eigenvalue weighted by atomic mass is 16.5. The molecule has 1 aliphatic rings.